The molecular weight excluding hydrogens is 289 g/mol. The molecule has 0 saturated heterocycles. The second kappa shape index (κ2) is 6.38. The van der Waals surface area contributed by atoms with Crippen LogP contribution >= 0.6 is 27.5 Å². The summed E-state index contributed by atoms with van der Waals surface area (Å²) in [5, 5.41) is 0.628. The van der Waals surface area contributed by atoms with Crippen molar-refractivity contribution < 1.29 is 4.79 Å². The molecule has 4 heteroatoms. The zero-order valence-electron chi connectivity index (χ0n) is 9.17. The molecule has 16 heavy (non-hydrogen) atoms. The van der Waals surface area contributed by atoms with Crippen molar-refractivity contribution in [3.05, 3.63) is 33.3 Å². The smallest absolute Gasteiger partial charge is 0.137 e. The summed E-state index contributed by atoms with van der Waals surface area (Å²) < 4.78 is 0.920. The fraction of sp³-hybridized carbons (Fsp3) is 0.417. The van der Waals surface area contributed by atoms with Gasteiger partial charge in [-0.25, -0.2) is 0 Å². The Hall–Kier alpha value is -0.380. The molecule has 1 aromatic carbocycles. The molecular formula is C12H15BrClNO. The number of benzene rings is 1. The van der Waals surface area contributed by atoms with E-state index in [2.05, 4.69) is 15.9 Å². The fourth-order valence-electron chi connectivity index (χ4n) is 1.42. The highest BCUT2D eigenvalue weighted by molar-refractivity contribution is 9.10. The first-order chi connectivity index (χ1) is 7.52. The van der Waals surface area contributed by atoms with Gasteiger partial charge < -0.3 is 5.73 Å². The minimum absolute atomic E-state index is 0.183. The van der Waals surface area contributed by atoms with Gasteiger partial charge in [-0.15, -0.1) is 0 Å². The van der Waals surface area contributed by atoms with E-state index in [0.29, 0.717) is 24.4 Å². The van der Waals surface area contributed by atoms with Crippen molar-refractivity contribution in [2.75, 3.05) is 6.54 Å². The van der Waals surface area contributed by atoms with Gasteiger partial charge in [-0.1, -0.05) is 40.5 Å². The third kappa shape index (κ3) is 4.24. The van der Waals surface area contributed by atoms with Crippen LogP contribution < -0.4 is 5.73 Å². The maximum atomic E-state index is 11.7. The van der Waals surface area contributed by atoms with Gasteiger partial charge in [-0.05, 0) is 30.2 Å². The summed E-state index contributed by atoms with van der Waals surface area (Å²) in [6, 6.07) is 5.56. The number of hydrogen-bond acceptors (Lipinski definition) is 2. The van der Waals surface area contributed by atoms with Crippen molar-refractivity contribution >= 4 is 33.3 Å². The summed E-state index contributed by atoms with van der Waals surface area (Å²) in [6.07, 6.45) is 0.902. The molecule has 1 rings (SSSR count). The van der Waals surface area contributed by atoms with Gasteiger partial charge in [0.2, 0.25) is 0 Å². The Morgan fingerprint density at radius 2 is 2.25 bits per heavy atom. The van der Waals surface area contributed by atoms with E-state index in [-0.39, 0.29) is 11.7 Å². The van der Waals surface area contributed by atoms with Crippen LogP contribution in [0.4, 0.5) is 0 Å². The molecule has 2 nitrogen and oxygen atoms in total. The summed E-state index contributed by atoms with van der Waals surface area (Å²) in [7, 11) is 0. The molecule has 0 fully saturated rings. The van der Waals surface area contributed by atoms with Crippen molar-refractivity contribution in [3.63, 3.8) is 0 Å². The molecule has 1 atom stereocenters. The second-order valence-corrected chi connectivity index (χ2v) is 5.32. The van der Waals surface area contributed by atoms with E-state index in [1.807, 2.05) is 19.1 Å². The quantitative estimate of drug-likeness (QED) is 0.908. The number of ketones is 1. The number of halogens is 2. The Bertz CT molecular complexity index is 381. The molecule has 0 heterocycles. The Morgan fingerprint density at radius 3 is 2.81 bits per heavy atom. The van der Waals surface area contributed by atoms with Gasteiger partial charge in [0.1, 0.15) is 5.78 Å². The summed E-state index contributed by atoms with van der Waals surface area (Å²) in [5.41, 5.74) is 6.35. The van der Waals surface area contributed by atoms with Crippen molar-refractivity contribution in [2.24, 2.45) is 11.7 Å². The third-order valence-electron chi connectivity index (χ3n) is 2.38. The van der Waals surface area contributed by atoms with Crippen molar-refractivity contribution in [1.82, 2.24) is 0 Å². The van der Waals surface area contributed by atoms with Gasteiger partial charge in [0.15, 0.2) is 0 Å². The Labute approximate surface area is 109 Å². The molecule has 0 spiro atoms. The van der Waals surface area contributed by atoms with Crippen molar-refractivity contribution in [3.8, 4) is 0 Å². The average molecular weight is 305 g/mol. The highest BCUT2D eigenvalue weighted by Gasteiger charge is 2.10. The van der Waals surface area contributed by atoms with Gasteiger partial charge >= 0.3 is 0 Å². The van der Waals surface area contributed by atoms with Gasteiger partial charge in [0, 0.05) is 22.3 Å². The minimum Gasteiger partial charge on any atom is -0.330 e. The first-order valence-corrected chi connectivity index (χ1v) is 6.35. The lowest BCUT2D eigenvalue weighted by molar-refractivity contribution is -0.119. The lowest BCUT2D eigenvalue weighted by Crippen LogP contribution is -2.16. The number of carbonyl (C=O) groups excluding carboxylic acids is 1. The van der Waals surface area contributed by atoms with Crippen LogP contribution in [0.25, 0.3) is 0 Å². The van der Waals surface area contributed by atoms with E-state index in [4.69, 9.17) is 17.3 Å². The molecule has 0 aliphatic rings. The van der Waals surface area contributed by atoms with E-state index in [1.165, 1.54) is 0 Å². The van der Waals surface area contributed by atoms with Crippen LogP contribution in [0.15, 0.2) is 22.7 Å². The predicted octanol–water partition coefficient (Wildman–Crippen LogP) is 3.20. The van der Waals surface area contributed by atoms with Crippen LogP contribution in [0.2, 0.25) is 5.02 Å². The van der Waals surface area contributed by atoms with Crippen molar-refractivity contribution in [1.29, 1.82) is 0 Å². The maximum Gasteiger partial charge on any atom is 0.137 e. The zero-order valence-corrected chi connectivity index (χ0v) is 11.5. The second-order valence-electron chi connectivity index (χ2n) is 4.00. The molecule has 88 valence electrons. The Balaban J connectivity index is 2.63. The molecule has 2 N–H and O–H groups in total. The van der Waals surface area contributed by atoms with Crippen molar-refractivity contribution in [2.45, 2.75) is 19.8 Å². The number of nitrogens with two attached hydrogens (primary N) is 1. The molecule has 0 aromatic heterocycles. The van der Waals surface area contributed by atoms with E-state index in [9.17, 15) is 4.79 Å². The molecule has 0 aliphatic heterocycles. The van der Waals surface area contributed by atoms with E-state index in [1.54, 1.807) is 6.07 Å². The highest BCUT2D eigenvalue weighted by atomic mass is 79.9. The summed E-state index contributed by atoms with van der Waals surface area (Å²) in [6.45, 7) is 2.51. The Kier molecular flexibility index (Phi) is 5.46. The molecule has 1 aromatic rings. The number of Topliss-reactive ketones (excluding diaryl/α,β-unsaturated/α-hetero) is 1. The zero-order chi connectivity index (χ0) is 12.1. The van der Waals surface area contributed by atoms with E-state index < -0.39 is 0 Å². The lowest BCUT2D eigenvalue weighted by Gasteiger charge is -2.08. The molecule has 0 aliphatic carbocycles. The van der Waals surface area contributed by atoms with E-state index >= 15 is 0 Å². The predicted molar refractivity (Wildman–Crippen MR) is 70.7 cm³/mol. The third-order valence-corrected chi connectivity index (χ3v) is 3.23. The molecule has 0 saturated carbocycles. The average Bonchev–Trinajstić information content (AvgIpc) is 2.22. The molecule has 0 radical (unpaired) electrons. The minimum atomic E-state index is 0.183. The molecule has 1 unspecified atom stereocenters. The summed E-state index contributed by atoms with van der Waals surface area (Å²) >= 11 is 9.37. The van der Waals surface area contributed by atoms with Gasteiger partial charge in [-0.2, -0.15) is 0 Å². The van der Waals surface area contributed by atoms with Crippen LogP contribution in [0, 0.1) is 5.92 Å². The standard InChI is InChI=1S/C12H15BrClNO/c1-8(7-15)4-11(16)5-9-2-3-10(13)6-12(9)14/h2-3,6,8H,4-5,7,15H2,1H3. The summed E-state index contributed by atoms with van der Waals surface area (Å²) in [5.74, 6) is 0.420. The SMILES string of the molecule is CC(CN)CC(=O)Cc1ccc(Br)cc1Cl. The largest absolute Gasteiger partial charge is 0.330 e. The number of carbonyl (C=O) groups is 1. The fourth-order valence-corrected chi connectivity index (χ4v) is 2.16. The first kappa shape index (κ1) is 13.7. The van der Waals surface area contributed by atoms with Gasteiger partial charge in [0.05, 0.1) is 0 Å². The highest BCUT2D eigenvalue weighted by Crippen LogP contribution is 2.22. The molecule has 0 bridgehead atoms. The van der Waals surface area contributed by atoms with Crippen LogP contribution in [0.3, 0.4) is 0 Å². The van der Waals surface area contributed by atoms with Gasteiger partial charge in [0.25, 0.3) is 0 Å². The Morgan fingerprint density at radius 1 is 1.56 bits per heavy atom. The lowest BCUT2D eigenvalue weighted by atomic mass is 10.00. The normalized spacial score (nSPS) is 12.5. The number of rotatable bonds is 5. The van der Waals surface area contributed by atoms with Crippen LogP contribution in [-0.4, -0.2) is 12.3 Å². The van der Waals surface area contributed by atoms with Crippen LogP contribution in [0.5, 0.6) is 0 Å². The van der Waals surface area contributed by atoms with Crippen LogP contribution in [-0.2, 0) is 11.2 Å². The molecule has 0 amide bonds. The topological polar surface area (TPSA) is 43.1 Å². The summed E-state index contributed by atoms with van der Waals surface area (Å²) in [4.78, 5) is 11.7. The monoisotopic (exact) mass is 303 g/mol. The maximum absolute atomic E-state index is 11.7. The van der Waals surface area contributed by atoms with Gasteiger partial charge in [-0.3, -0.25) is 4.79 Å². The number of hydrogen-bond donors (Lipinski definition) is 1. The van der Waals surface area contributed by atoms with E-state index in [0.717, 1.165) is 10.0 Å². The first-order valence-electron chi connectivity index (χ1n) is 5.18. The van der Waals surface area contributed by atoms with Crippen LogP contribution in [0.1, 0.15) is 18.9 Å².